The largest absolute Gasteiger partial charge is 0.494 e. The van der Waals surface area contributed by atoms with Crippen molar-refractivity contribution in [3.8, 4) is 23.0 Å². The van der Waals surface area contributed by atoms with Crippen LogP contribution in [0.4, 0.5) is 5.95 Å². The van der Waals surface area contributed by atoms with Crippen LogP contribution < -0.4 is 24.3 Å². The summed E-state index contributed by atoms with van der Waals surface area (Å²) in [6, 6.07) is 20.0. The highest BCUT2D eigenvalue weighted by molar-refractivity contribution is 5.85. The SMILES string of the molecule is CCOc1ccc([C@@H]2Oc3ccc(C)cc3C3=C2[C@H](c2ccc(OC)c(OC)c2)n2ncnc2N3)cc1. The number of nitrogens with one attached hydrogen (secondary N) is 1. The standard InChI is InChI=1S/C29H28N4O4/c1-5-36-20-10-7-18(8-11-20)28-25-26(21-14-17(2)6-12-22(21)37-28)32-29-30-16-31-33(29)27(25)19-9-13-23(34-3)24(15-19)35-4/h6-16,27-28H,5H2,1-4H3,(H,30,31,32)/t27-,28-/m0/s1. The normalized spacial score (nSPS) is 17.6. The maximum absolute atomic E-state index is 6.73. The Hall–Kier alpha value is -4.46. The van der Waals surface area contributed by atoms with Crippen molar-refractivity contribution in [2.45, 2.75) is 26.0 Å². The van der Waals surface area contributed by atoms with Crippen LogP contribution in [0.1, 0.15) is 41.3 Å². The van der Waals surface area contributed by atoms with Gasteiger partial charge in [-0.15, -0.1) is 0 Å². The molecule has 188 valence electrons. The number of aromatic nitrogens is 3. The second-order valence-electron chi connectivity index (χ2n) is 9.00. The highest BCUT2D eigenvalue weighted by Crippen LogP contribution is 2.51. The average Bonchev–Trinajstić information content (AvgIpc) is 3.40. The van der Waals surface area contributed by atoms with Crippen LogP contribution in [0.15, 0.2) is 72.6 Å². The lowest BCUT2D eigenvalue weighted by Crippen LogP contribution is -2.32. The van der Waals surface area contributed by atoms with Gasteiger partial charge in [-0.25, -0.2) is 4.68 Å². The van der Waals surface area contributed by atoms with Gasteiger partial charge in [-0.05, 0) is 61.4 Å². The molecular weight excluding hydrogens is 468 g/mol. The van der Waals surface area contributed by atoms with Crippen molar-refractivity contribution in [2.75, 3.05) is 26.1 Å². The Labute approximate surface area is 215 Å². The first kappa shape index (κ1) is 23.0. The second kappa shape index (κ2) is 9.20. The summed E-state index contributed by atoms with van der Waals surface area (Å²) < 4.78 is 25.5. The Kier molecular flexibility index (Phi) is 5.71. The Morgan fingerprint density at radius 1 is 0.946 bits per heavy atom. The third-order valence-corrected chi connectivity index (χ3v) is 6.79. The quantitative estimate of drug-likeness (QED) is 0.374. The topological polar surface area (TPSA) is 79.7 Å². The van der Waals surface area contributed by atoms with Crippen LogP contribution in [0, 0.1) is 6.92 Å². The predicted molar refractivity (Wildman–Crippen MR) is 140 cm³/mol. The Morgan fingerprint density at radius 3 is 2.49 bits per heavy atom. The lowest BCUT2D eigenvalue weighted by Gasteiger charge is -2.39. The van der Waals surface area contributed by atoms with Crippen molar-refractivity contribution in [3.05, 3.63) is 94.8 Å². The van der Waals surface area contributed by atoms with Crippen molar-refractivity contribution in [3.63, 3.8) is 0 Å². The van der Waals surface area contributed by atoms with Gasteiger partial charge in [-0.3, -0.25) is 0 Å². The minimum atomic E-state index is -0.371. The fourth-order valence-electron chi connectivity index (χ4n) is 5.11. The molecule has 0 fully saturated rings. The van der Waals surface area contributed by atoms with Crippen LogP contribution in [-0.2, 0) is 0 Å². The average molecular weight is 497 g/mol. The van der Waals surface area contributed by atoms with E-state index in [-0.39, 0.29) is 12.1 Å². The van der Waals surface area contributed by atoms with Crippen LogP contribution in [0.2, 0.25) is 0 Å². The molecule has 3 aromatic carbocycles. The fourth-order valence-corrected chi connectivity index (χ4v) is 5.11. The van der Waals surface area contributed by atoms with Gasteiger partial charge >= 0.3 is 0 Å². The molecule has 0 unspecified atom stereocenters. The Morgan fingerprint density at radius 2 is 1.73 bits per heavy atom. The number of anilines is 1. The van der Waals surface area contributed by atoms with Gasteiger partial charge in [-0.1, -0.05) is 29.8 Å². The maximum Gasteiger partial charge on any atom is 0.226 e. The van der Waals surface area contributed by atoms with E-state index in [4.69, 9.17) is 18.9 Å². The van der Waals surface area contributed by atoms with E-state index >= 15 is 0 Å². The van der Waals surface area contributed by atoms with E-state index in [0.29, 0.717) is 24.1 Å². The monoisotopic (exact) mass is 496 g/mol. The smallest absolute Gasteiger partial charge is 0.226 e. The summed E-state index contributed by atoms with van der Waals surface area (Å²) in [6.45, 7) is 4.67. The number of nitrogens with zero attached hydrogens (tertiary/aromatic N) is 3. The van der Waals surface area contributed by atoms with Crippen LogP contribution in [-0.4, -0.2) is 35.6 Å². The number of aryl methyl sites for hydroxylation is 1. The molecule has 4 aromatic rings. The summed E-state index contributed by atoms with van der Waals surface area (Å²) in [6.07, 6.45) is 1.20. The molecule has 8 heteroatoms. The highest BCUT2D eigenvalue weighted by Gasteiger charge is 2.41. The van der Waals surface area contributed by atoms with Crippen molar-refractivity contribution >= 4 is 11.6 Å². The summed E-state index contributed by atoms with van der Waals surface area (Å²) in [5, 5.41) is 8.16. The van der Waals surface area contributed by atoms with Crippen molar-refractivity contribution < 1.29 is 18.9 Å². The lowest BCUT2D eigenvalue weighted by molar-refractivity contribution is 0.222. The van der Waals surface area contributed by atoms with E-state index in [1.54, 1.807) is 20.5 Å². The molecule has 0 saturated heterocycles. The zero-order chi connectivity index (χ0) is 25.5. The summed E-state index contributed by atoms with van der Waals surface area (Å²) in [5.41, 5.74) is 6.14. The van der Waals surface area contributed by atoms with Crippen LogP contribution in [0.5, 0.6) is 23.0 Å². The zero-order valence-corrected chi connectivity index (χ0v) is 21.2. The van der Waals surface area contributed by atoms with E-state index in [1.807, 2.05) is 48.0 Å². The first-order valence-corrected chi connectivity index (χ1v) is 12.2. The first-order chi connectivity index (χ1) is 18.1. The second-order valence-corrected chi connectivity index (χ2v) is 9.00. The van der Waals surface area contributed by atoms with Gasteiger partial charge in [0.1, 0.15) is 30.0 Å². The third-order valence-electron chi connectivity index (χ3n) is 6.79. The van der Waals surface area contributed by atoms with E-state index in [0.717, 1.165) is 45.0 Å². The molecule has 0 amide bonds. The molecule has 1 aromatic heterocycles. The molecule has 37 heavy (non-hydrogen) atoms. The van der Waals surface area contributed by atoms with Crippen molar-refractivity contribution in [1.29, 1.82) is 0 Å². The van der Waals surface area contributed by atoms with E-state index in [9.17, 15) is 0 Å². The number of fused-ring (bicyclic) bond motifs is 3. The summed E-state index contributed by atoms with van der Waals surface area (Å²) in [7, 11) is 3.27. The first-order valence-electron chi connectivity index (χ1n) is 12.2. The summed E-state index contributed by atoms with van der Waals surface area (Å²) >= 11 is 0. The van der Waals surface area contributed by atoms with Crippen molar-refractivity contribution in [1.82, 2.24) is 14.8 Å². The molecule has 6 rings (SSSR count). The van der Waals surface area contributed by atoms with Gasteiger partial charge in [0.25, 0.3) is 0 Å². The number of hydrogen-bond donors (Lipinski definition) is 1. The predicted octanol–water partition coefficient (Wildman–Crippen LogP) is 5.56. The Balaban J connectivity index is 1.58. The molecule has 2 aliphatic heterocycles. The molecule has 0 saturated carbocycles. The molecule has 3 heterocycles. The van der Waals surface area contributed by atoms with E-state index in [1.165, 1.54) is 0 Å². The molecule has 8 nitrogen and oxygen atoms in total. The summed E-state index contributed by atoms with van der Waals surface area (Å²) in [4.78, 5) is 4.52. The Bertz CT molecular complexity index is 1490. The molecular formula is C29H28N4O4. The van der Waals surface area contributed by atoms with E-state index < -0.39 is 0 Å². The number of ether oxygens (including phenoxy) is 4. The summed E-state index contributed by atoms with van der Waals surface area (Å²) in [5.74, 6) is 3.61. The zero-order valence-electron chi connectivity index (χ0n) is 21.2. The molecule has 2 atom stereocenters. The third kappa shape index (κ3) is 3.85. The lowest BCUT2D eigenvalue weighted by atomic mass is 9.84. The van der Waals surface area contributed by atoms with Gasteiger partial charge < -0.3 is 24.3 Å². The van der Waals surface area contributed by atoms with Crippen LogP contribution in [0.3, 0.4) is 0 Å². The van der Waals surface area contributed by atoms with Gasteiger partial charge in [-0.2, -0.15) is 10.1 Å². The number of hydrogen-bond acceptors (Lipinski definition) is 7. The van der Waals surface area contributed by atoms with Gasteiger partial charge in [0.05, 0.1) is 26.5 Å². The number of benzene rings is 3. The van der Waals surface area contributed by atoms with Gasteiger partial charge in [0.2, 0.25) is 5.95 Å². The van der Waals surface area contributed by atoms with Gasteiger partial charge in [0.15, 0.2) is 11.5 Å². The molecule has 2 aliphatic rings. The minimum absolute atomic E-state index is 0.293. The molecule has 0 bridgehead atoms. The number of methoxy groups -OCH3 is 2. The van der Waals surface area contributed by atoms with Crippen LogP contribution >= 0.6 is 0 Å². The van der Waals surface area contributed by atoms with Crippen molar-refractivity contribution in [2.24, 2.45) is 0 Å². The van der Waals surface area contributed by atoms with Gasteiger partial charge in [0, 0.05) is 11.1 Å². The highest BCUT2D eigenvalue weighted by atomic mass is 16.5. The van der Waals surface area contributed by atoms with E-state index in [2.05, 4.69) is 46.6 Å². The molecule has 1 N–H and O–H groups in total. The molecule has 0 radical (unpaired) electrons. The molecule has 0 spiro atoms. The fraction of sp³-hybridized carbons (Fsp3) is 0.241. The maximum atomic E-state index is 6.73. The molecule has 0 aliphatic carbocycles. The minimum Gasteiger partial charge on any atom is -0.494 e. The number of rotatable bonds is 6. The van der Waals surface area contributed by atoms with Crippen LogP contribution in [0.25, 0.3) is 5.70 Å².